The Balaban J connectivity index is 1.85. The number of hydrogen-bond donors (Lipinski definition) is 1. The summed E-state index contributed by atoms with van der Waals surface area (Å²) in [5.41, 5.74) is 6.98. The molecule has 5 atom stereocenters. The Bertz CT molecular complexity index is 584. The second kappa shape index (κ2) is 6.44. The van der Waals surface area contributed by atoms with Crippen LogP contribution in [0.4, 0.5) is 0 Å². The molecule has 22 heavy (non-hydrogen) atoms. The van der Waals surface area contributed by atoms with Crippen LogP contribution in [0.5, 0.6) is 0 Å². The van der Waals surface area contributed by atoms with E-state index in [1.165, 1.54) is 7.11 Å². The highest BCUT2D eigenvalue weighted by molar-refractivity contribution is 5.75. The monoisotopic (exact) mass is 301 g/mol. The zero-order valence-corrected chi connectivity index (χ0v) is 12.3. The molecule has 0 bridgehead atoms. The van der Waals surface area contributed by atoms with Gasteiger partial charge in [0.05, 0.1) is 7.11 Å². The van der Waals surface area contributed by atoms with Crippen molar-refractivity contribution in [1.29, 1.82) is 0 Å². The molecule has 2 N–H and O–H groups in total. The Hall–Kier alpha value is -1.95. The molecule has 0 spiro atoms. The van der Waals surface area contributed by atoms with E-state index < -0.39 is 24.5 Å². The lowest BCUT2D eigenvalue weighted by atomic mass is 9.88. The molecule has 1 heterocycles. The Morgan fingerprint density at radius 3 is 2.55 bits per heavy atom. The van der Waals surface area contributed by atoms with Crippen LogP contribution in [0.2, 0.25) is 0 Å². The summed E-state index contributed by atoms with van der Waals surface area (Å²) < 4.78 is 16.7. The number of allylic oxidation sites excluding steroid dienone is 2. The van der Waals surface area contributed by atoms with Crippen LogP contribution in [0.3, 0.4) is 0 Å². The summed E-state index contributed by atoms with van der Waals surface area (Å²) in [6.45, 7) is 0. The minimum atomic E-state index is -0.789. The minimum Gasteiger partial charge on any atom is -0.467 e. The van der Waals surface area contributed by atoms with E-state index in [2.05, 4.69) is 0 Å². The summed E-state index contributed by atoms with van der Waals surface area (Å²) >= 11 is 0. The second-order valence-electron chi connectivity index (χ2n) is 5.35. The predicted molar refractivity (Wildman–Crippen MR) is 80.7 cm³/mol. The van der Waals surface area contributed by atoms with Crippen molar-refractivity contribution in [1.82, 2.24) is 0 Å². The van der Waals surface area contributed by atoms with Gasteiger partial charge in [0, 0.05) is 17.5 Å². The maximum atomic E-state index is 12.0. The first-order valence-electron chi connectivity index (χ1n) is 7.25. The van der Waals surface area contributed by atoms with Crippen molar-refractivity contribution in [2.45, 2.75) is 24.5 Å². The topological polar surface area (TPSA) is 70.8 Å². The van der Waals surface area contributed by atoms with E-state index in [1.807, 2.05) is 54.6 Å². The average molecular weight is 301 g/mol. The Kier molecular flexibility index (Phi) is 4.38. The van der Waals surface area contributed by atoms with Gasteiger partial charge in [0.2, 0.25) is 0 Å². The van der Waals surface area contributed by atoms with Crippen LogP contribution in [0.1, 0.15) is 11.9 Å². The molecular formula is C17H19NO4. The largest absolute Gasteiger partial charge is 0.467 e. The van der Waals surface area contributed by atoms with Gasteiger partial charge >= 0.3 is 5.97 Å². The maximum Gasteiger partial charge on any atom is 0.337 e. The Morgan fingerprint density at radius 1 is 1.14 bits per heavy atom. The maximum absolute atomic E-state index is 12.0. The highest BCUT2D eigenvalue weighted by Crippen LogP contribution is 2.37. The Morgan fingerprint density at radius 2 is 1.86 bits per heavy atom. The number of rotatable bonds is 3. The van der Waals surface area contributed by atoms with Gasteiger partial charge in [-0.1, -0.05) is 54.6 Å². The summed E-state index contributed by atoms with van der Waals surface area (Å²) in [4.78, 5) is 12.0. The molecule has 1 aliphatic carbocycles. The van der Waals surface area contributed by atoms with E-state index in [0.29, 0.717) is 0 Å². The van der Waals surface area contributed by atoms with Gasteiger partial charge in [-0.3, -0.25) is 0 Å². The number of methoxy groups -OCH3 is 1. The van der Waals surface area contributed by atoms with Crippen molar-refractivity contribution in [2.75, 3.05) is 7.11 Å². The van der Waals surface area contributed by atoms with Crippen LogP contribution in [0.15, 0.2) is 54.6 Å². The first-order chi connectivity index (χ1) is 10.7. The highest BCUT2D eigenvalue weighted by Gasteiger charge is 2.46. The molecule has 3 rings (SSSR count). The lowest BCUT2D eigenvalue weighted by molar-refractivity contribution is -0.154. The van der Waals surface area contributed by atoms with Crippen molar-refractivity contribution >= 4 is 5.97 Å². The van der Waals surface area contributed by atoms with Crippen molar-refractivity contribution in [3.8, 4) is 0 Å². The van der Waals surface area contributed by atoms with Gasteiger partial charge in [0.15, 0.2) is 12.4 Å². The predicted octanol–water partition coefficient (Wildman–Crippen LogP) is 1.71. The quantitative estimate of drug-likeness (QED) is 0.861. The zero-order chi connectivity index (χ0) is 15.5. The molecule has 116 valence electrons. The molecule has 1 aliphatic heterocycles. The van der Waals surface area contributed by atoms with Crippen LogP contribution < -0.4 is 5.73 Å². The van der Waals surface area contributed by atoms with Gasteiger partial charge in [-0.25, -0.2) is 4.79 Å². The van der Waals surface area contributed by atoms with Gasteiger partial charge in [-0.15, -0.1) is 0 Å². The molecule has 0 saturated carbocycles. The van der Waals surface area contributed by atoms with E-state index in [-0.39, 0.29) is 12.0 Å². The molecule has 1 aromatic carbocycles. The average Bonchev–Trinajstić information content (AvgIpc) is 3.00. The minimum absolute atomic E-state index is 0.136. The number of carbonyl (C=O) groups excluding carboxylic acids is 1. The molecule has 1 fully saturated rings. The molecule has 2 aliphatic rings. The van der Waals surface area contributed by atoms with Crippen LogP contribution in [-0.4, -0.2) is 31.3 Å². The molecule has 0 radical (unpaired) electrons. The molecular weight excluding hydrogens is 282 g/mol. The number of carbonyl (C=O) groups is 1. The molecule has 2 unspecified atom stereocenters. The van der Waals surface area contributed by atoms with Gasteiger partial charge in [0.1, 0.15) is 6.10 Å². The van der Waals surface area contributed by atoms with Crippen LogP contribution >= 0.6 is 0 Å². The van der Waals surface area contributed by atoms with Crippen molar-refractivity contribution in [3.05, 3.63) is 60.2 Å². The number of benzene rings is 1. The summed E-state index contributed by atoms with van der Waals surface area (Å²) in [5.74, 6) is -0.582. The van der Waals surface area contributed by atoms with Gasteiger partial charge in [-0.2, -0.15) is 0 Å². The van der Waals surface area contributed by atoms with Gasteiger partial charge in [-0.05, 0) is 0 Å². The third kappa shape index (κ3) is 2.83. The molecule has 5 heteroatoms. The smallest absolute Gasteiger partial charge is 0.337 e. The fourth-order valence-corrected chi connectivity index (χ4v) is 2.79. The molecule has 5 nitrogen and oxygen atoms in total. The van der Waals surface area contributed by atoms with E-state index in [9.17, 15) is 4.79 Å². The SMILES string of the molecule is COC(=O)[C@@H]1O[C@H](c2ccccc2)O[C@H]1C1C=CC=CC1N. The lowest BCUT2D eigenvalue weighted by Crippen LogP contribution is -2.44. The fourth-order valence-electron chi connectivity index (χ4n) is 2.79. The lowest BCUT2D eigenvalue weighted by Gasteiger charge is -2.27. The van der Waals surface area contributed by atoms with Gasteiger partial charge < -0.3 is 19.9 Å². The summed E-state index contributed by atoms with van der Waals surface area (Å²) in [6.07, 6.45) is 5.76. The van der Waals surface area contributed by atoms with Crippen molar-refractivity contribution in [2.24, 2.45) is 11.7 Å². The zero-order valence-electron chi connectivity index (χ0n) is 12.3. The van der Waals surface area contributed by atoms with Crippen molar-refractivity contribution in [3.63, 3.8) is 0 Å². The highest BCUT2D eigenvalue weighted by atomic mass is 16.7. The van der Waals surface area contributed by atoms with Crippen LogP contribution in [0.25, 0.3) is 0 Å². The molecule has 0 amide bonds. The third-order valence-corrected chi connectivity index (χ3v) is 3.96. The van der Waals surface area contributed by atoms with E-state index in [0.717, 1.165) is 5.56 Å². The van der Waals surface area contributed by atoms with E-state index in [1.54, 1.807) is 0 Å². The molecule has 1 aromatic rings. The Labute approximate surface area is 129 Å². The summed E-state index contributed by atoms with van der Waals surface area (Å²) in [7, 11) is 1.34. The number of nitrogens with two attached hydrogens (primary N) is 1. The number of esters is 1. The number of ether oxygens (including phenoxy) is 3. The first-order valence-corrected chi connectivity index (χ1v) is 7.25. The van der Waals surface area contributed by atoms with Crippen molar-refractivity contribution < 1.29 is 19.0 Å². The van der Waals surface area contributed by atoms with E-state index >= 15 is 0 Å². The molecule has 0 aromatic heterocycles. The first kappa shape index (κ1) is 15.0. The summed E-state index contributed by atoms with van der Waals surface area (Å²) in [5, 5.41) is 0. The fraction of sp³-hybridized carbons (Fsp3) is 0.353. The normalized spacial score (nSPS) is 33.8. The third-order valence-electron chi connectivity index (χ3n) is 3.96. The second-order valence-corrected chi connectivity index (χ2v) is 5.35. The van der Waals surface area contributed by atoms with Gasteiger partial charge in [0.25, 0.3) is 0 Å². The van der Waals surface area contributed by atoms with E-state index in [4.69, 9.17) is 19.9 Å². The summed E-state index contributed by atoms with van der Waals surface area (Å²) in [6, 6.07) is 9.30. The molecule has 1 saturated heterocycles. The standard InChI is InChI=1S/C17H19NO4/c1-20-16(19)15-14(12-9-5-6-10-13(12)18)21-17(22-15)11-7-3-2-4-8-11/h2-10,12-15,17H,18H2,1H3/t12?,13?,14-,15+,17+/m0/s1. The number of hydrogen-bond acceptors (Lipinski definition) is 5. The van der Waals surface area contributed by atoms with Crippen LogP contribution in [0, 0.1) is 5.92 Å². The van der Waals surface area contributed by atoms with Crippen LogP contribution in [-0.2, 0) is 19.0 Å².